The van der Waals surface area contributed by atoms with Crippen LogP contribution in [0.4, 0.5) is 0 Å². The molecule has 3 saturated carbocycles. The molecule has 3 fully saturated rings. The Kier molecular flexibility index (Phi) is 21.8. The second kappa shape index (κ2) is 25.6. The lowest BCUT2D eigenvalue weighted by Crippen LogP contribution is -2.51. The fraction of sp³-hybridized carbons (Fsp3) is 0.885. The SMILES string of the molecule is CCCCC/C=C\C/C=C\CCCCCCCCOCC(CN(C)C)OCCO[C@H]1CC[C@@]2(C)C(=CCC3C4CCC(C(C)CCCC(C)C)[C@@]4(C)CCC32)C1. The van der Waals surface area contributed by atoms with Crippen molar-refractivity contribution in [2.24, 2.45) is 46.3 Å². The van der Waals surface area contributed by atoms with Crippen molar-refractivity contribution in [3.8, 4) is 0 Å². The Morgan fingerprint density at radius 1 is 0.768 bits per heavy atom. The van der Waals surface area contributed by atoms with E-state index in [9.17, 15) is 0 Å². The number of nitrogens with zero attached hydrogens (tertiary/aromatic N) is 1. The first-order valence-electron chi connectivity index (χ1n) is 24.5. The average molecular weight is 780 g/mol. The Morgan fingerprint density at radius 2 is 1.50 bits per heavy atom. The molecule has 0 aromatic rings. The summed E-state index contributed by atoms with van der Waals surface area (Å²) in [6.45, 7) is 18.8. The standard InChI is InChI=1S/C52H93NO3/c1-9-10-11-12-13-14-15-16-17-18-19-20-21-22-23-24-36-54-41-46(40-53(7)8)56-38-37-55-45-32-34-51(5)44(39-45)28-29-47-49-31-30-48(43(4)27-25-26-42(2)3)52(49,6)35-33-50(47)51/h13-14,16-17,28,42-43,45-50H,9-12,15,18-27,29-41H2,1-8H3/b14-13-,17-16-/t43?,45-,46?,47?,48?,49?,50?,51-,52+/m0/s1. The molecule has 4 aliphatic carbocycles. The van der Waals surface area contributed by atoms with Crippen LogP contribution in [0.3, 0.4) is 0 Å². The fourth-order valence-corrected chi connectivity index (χ4v) is 12.2. The molecule has 0 N–H and O–H groups in total. The van der Waals surface area contributed by atoms with E-state index in [4.69, 9.17) is 14.2 Å². The zero-order chi connectivity index (χ0) is 40.2. The van der Waals surface area contributed by atoms with Gasteiger partial charge in [0, 0.05) is 13.2 Å². The van der Waals surface area contributed by atoms with Gasteiger partial charge in [0.1, 0.15) is 0 Å². The van der Waals surface area contributed by atoms with Crippen LogP contribution in [0.25, 0.3) is 0 Å². The van der Waals surface area contributed by atoms with E-state index in [0.29, 0.717) is 36.8 Å². The highest BCUT2D eigenvalue weighted by molar-refractivity contribution is 5.25. The first kappa shape index (κ1) is 47.7. The molecule has 0 aliphatic heterocycles. The Balaban J connectivity index is 1.07. The minimum Gasteiger partial charge on any atom is -0.379 e. The molecule has 0 heterocycles. The van der Waals surface area contributed by atoms with Crippen LogP contribution in [0.2, 0.25) is 0 Å². The van der Waals surface area contributed by atoms with Crippen LogP contribution in [0, 0.1) is 46.3 Å². The van der Waals surface area contributed by atoms with Gasteiger partial charge in [-0.3, -0.25) is 0 Å². The van der Waals surface area contributed by atoms with Gasteiger partial charge in [0.2, 0.25) is 0 Å². The zero-order valence-corrected chi connectivity index (χ0v) is 38.5. The lowest BCUT2D eigenvalue weighted by Gasteiger charge is -2.58. The molecule has 4 nitrogen and oxygen atoms in total. The molecule has 6 unspecified atom stereocenters. The topological polar surface area (TPSA) is 30.9 Å². The van der Waals surface area contributed by atoms with Crippen molar-refractivity contribution in [1.82, 2.24) is 4.90 Å². The van der Waals surface area contributed by atoms with Crippen molar-refractivity contribution in [3.63, 3.8) is 0 Å². The second-order valence-corrected chi connectivity index (χ2v) is 20.4. The van der Waals surface area contributed by atoms with Gasteiger partial charge in [0.05, 0.1) is 32.0 Å². The predicted molar refractivity (Wildman–Crippen MR) is 241 cm³/mol. The summed E-state index contributed by atoms with van der Waals surface area (Å²) in [6.07, 6.45) is 43.0. The van der Waals surface area contributed by atoms with E-state index < -0.39 is 0 Å². The van der Waals surface area contributed by atoms with Gasteiger partial charge < -0.3 is 19.1 Å². The highest BCUT2D eigenvalue weighted by Crippen LogP contribution is 2.67. The smallest absolute Gasteiger partial charge is 0.0935 e. The number of likely N-dealkylation sites (N-methyl/N-ethyl adjacent to an activating group) is 1. The number of hydrogen-bond donors (Lipinski definition) is 0. The summed E-state index contributed by atoms with van der Waals surface area (Å²) < 4.78 is 19.1. The van der Waals surface area contributed by atoms with Gasteiger partial charge in [-0.1, -0.05) is 135 Å². The van der Waals surface area contributed by atoms with Gasteiger partial charge in [-0.25, -0.2) is 0 Å². The lowest BCUT2D eigenvalue weighted by molar-refractivity contribution is -0.0785. The van der Waals surface area contributed by atoms with Crippen molar-refractivity contribution in [3.05, 3.63) is 36.0 Å². The van der Waals surface area contributed by atoms with Gasteiger partial charge in [-0.2, -0.15) is 0 Å². The van der Waals surface area contributed by atoms with Crippen LogP contribution in [-0.2, 0) is 14.2 Å². The zero-order valence-electron chi connectivity index (χ0n) is 38.5. The van der Waals surface area contributed by atoms with Crippen LogP contribution in [-0.4, -0.2) is 64.2 Å². The van der Waals surface area contributed by atoms with Crippen LogP contribution in [0.15, 0.2) is 36.0 Å². The van der Waals surface area contributed by atoms with Crippen LogP contribution in [0.5, 0.6) is 0 Å². The molecule has 56 heavy (non-hydrogen) atoms. The van der Waals surface area contributed by atoms with Gasteiger partial charge in [-0.15, -0.1) is 0 Å². The summed E-state index contributed by atoms with van der Waals surface area (Å²) in [5.74, 6) is 5.38. The van der Waals surface area contributed by atoms with Crippen LogP contribution < -0.4 is 0 Å². The molecule has 4 aliphatic rings. The molecule has 0 spiro atoms. The van der Waals surface area contributed by atoms with E-state index >= 15 is 0 Å². The third kappa shape index (κ3) is 15.0. The van der Waals surface area contributed by atoms with Gasteiger partial charge >= 0.3 is 0 Å². The highest BCUT2D eigenvalue weighted by atomic mass is 16.6. The molecule has 9 atom stereocenters. The molecular formula is C52H93NO3. The van der Waals surface area contributed by atoms with Gasteiger partial charge in [0.25, 0.3) is 0 Å². The van der Waals surface area contributed by atoms with Crippen molar-refractivity contribution < 1.29 is 14.2 Å². The second-order valence-electron chi connectivity index (χ2n) is 20.4. The predicted octanol–water partition coefficient (Wildman–Crippen LogP) is 14.2. The fourth-order valence-electron chi connectivity index (χ4n) is 12.2. The third-order valence-electron chi connectivity index (χ3n) is 15.4. The van der Waals surface area contributed by atoms with E-state index in [-0.39, 0.29) is 6.10 Å². The number of rotatable bonds is 29. The molecular weight excluding hydrogens is 687 g/mol. The van der Waals surface area contributed by atoms with Crippen molar-refractivity contribution in [1.29, 1.82) is 0 Å². The van der Waals surface area contributed by atoms with Gasteiger partial charge in [0.15, 0.2) is 0 Å². The molecule has 0 saturated heterocycles. The monoisotopic (exact) mass is 780 g/mol. The average Bonchev–Trinajstić information content (AvgIpc) is 3.53. The minimum absolute atomic E-state index is 0.0982. The molecule has 0 bridgehead atoms. The summed E-state index contributed by atoms with van der Waals surface area (Å²) in [5, 5.41) is 0. The number of fused-ring (bicyclic) bond motifs is 5. The Morgan fingerprint density at radius 3 is 2.23 bits per heavy atom. The first-order valence-corrected chi connectivity index (χ1v) is 24.5. The molecule has 4 heteroatoms. The molecule has 0 radical (unpaired) electrons. The molecule has 4 rings (SSSR count). The summed E-state index contributed by atoms with van der Waals surface area (Å²) in [5.41, 5.74) is 2.69. The lowest BCUT2D eigenvalue weighted by atomic mass is 9.47. The minimum atomic E-state index is 0.0982. The molecule has 0 aromatic heterocycles. The van der Waals surface area contributed by atoms with E-state index in [2.05, 4.69) is 90.9 Å². The number of hydrogen-bond acceptors (Lipinski definition) is 4. The maximum atomic E-state index is 6.56. The summed E-state index contributed by atoms with van der Waals surface area (Å²) >= 11 is 0. The number of ether oxygens (including phenoxy) is 3. The van der Waals surface area contributed by atoms with Crippen molar-refractivity contribution in [2.75, 3.05) is 47.1 Å². The normalized spacial score (nSPS) is 30.2. The van der Waals surface area contributed by atoms with E-state index in [1.807, 2.05) is 0 Å². The Hall–Kier alpha value is -0.940. The first-order chi connectivity index (χ1) is 27.1. The maximum Gasteiger partial charge on any atom is 0.0935 e. The maximum absolute atomic E-state index is 6.56. The van der Waals surface area contributed by atoms with Crippen LogP contribution in [0.1, 0.15) is 189 Å². The molecule has 324 valence electrons. The largest absolute Gasteiger partial charge is 0.379 e. The Labute approximate surface area is 348 Å². The summed E-state index contributed by atoms with van der Waals surface area (Å²) in [4.78, 5) is 2.22. The summed E-state index contributed by atoms with van der Waals surface area (Å²) in [7, 11) is 4.26. The van der Waals surface area contributed by atoms with Crippen molar-refractivity contribution in [2.45, 2.75) is 201 Å². The number of unbranched alkanes of at least 4 members (excludes halogenated alkanes) is 9. The molecule has 0 aromatic carbocycles. The Bertz CT molecular complexity index is 1140. The third-order valence-corrected chi connectivity index (χ3v) is 15.4. The highest BCUT2D eigenvalue weighted by Gasteiger charge is 2.59. The van der Waals surface area contributed by atoms with Crippen LogP contribution >= 0.6 is 0 Å². The quantitative estimate of drug-likeness (QED) is 0.0559. The summed E-state index contributed by atoms with van der Waals surface area (Å²) in [6, 6.07) is 0. The van der Waals surface area contributed by atoms with E-state index in [1.165, 1.54) is 128 Å². The van der Waals surface area contributed by atoms with Gasteiger partial charge in [-0.05, 0) is 150 Å². The molecule has 0 amide bonds. The van der Waals surface area contributed by atoms with Crippen molar-refractivity contribution >= 4 is 0 Å². The van der Waals surface area contributed by atoms with E-state index in [0.717, 1.165) is 67.9 Å². The number of allylic oxidation sites excluding steroid dienone is 5. The van der Waals surface area contributed by atoms with E-state index in [1.54, 1.807) is 5.57 Å².